The van der Waals surface area contributed by atoms with Gasteiger partial charge in [0.1, 0.15) is 11.4 Å². The molecule has 3 heterocycles. The molecule has 4 rings (SSSR count). The van der Waals surface area contributed by atoms with Crippen LogP contribution in [0, 0.1) is 6.92 Å². The van der Waals surface area contributed by atoms with Crippen molar-refractivity contribution in [2.75, 3.05) is 0 Å². The van der Waals surface area contributed by atoms with Gasteiger partial charge in [0.05, 0.1) is 0 Å². The number of hydrogen-bond donors (Lipinski definition) is 1. The molecule has 1 amide bonds. The van der Waals surface area contributed by atoms with E-state index < -0.39 is 0 Å². The molecule has 1 aliphatic heterocycles. The van der Waals surface area contributed by atoms with Crippen LogP contribution < -0.4 is 5.32 Å². The summed E-state index contributed by atoms with van der Waals surface area (Å²) in [6.45, 7) is 2.69. The summed E-state index contributed by atoms with van der Waals surface area (Å²) in [6, 6.07) is 7.84. The van der Waals surface area contributed by atoms with E-state index in [1.165, 1.54) is 0 Å². The Morgan fingerprint density at radius 2 is 2.27 bits per heavy atom. The SMILES string of the molecule is Cc1c(C(=O)N[C@H]2CCc3nccn3C2)oc2ccccc12. The number of para-hydroxylation sites is 1. The Labute approximate surface area is 127 Å². The molecule has 5 nitrogen and oxygen atoms in total. The van der Waals surface area contributed by atoms with Crippen molar-refractivity contribution in [1.82, 2.24) is 14.9 Å². The predicted octanol–water partition coefficient (Wildman–Crippen LogP) is 2.68. The summed E-state index contributed by atoms with van der Waals surface area (Å²) in [4.78, 5) is 16.8. The molecule has 2 aromatic heterocycles. The molecular weight excluding hydrogens is 278 g/mol. The molecule has 0 bridgehead atoms. The summed E-state index contributed by atoms with van der Waals surface area (Å²) in [7, 11) is 0. The Morgan fingerprint density at radius 3 is 3.14 bits per heavy atom. The van der Waals surface area contributed by atoms with Crippen molar-refractivity contribution >= 4 is 16.9 Å². The fraction of sp³-hybridized carbons (Fsp3) is 0.294. The normalized spacial score (nSPS) is 17.4. The van der Waals surface area contributed by atoms with Crippen LogP contribution in [0.15, 0.2) is 41.1 Å². The molecule has 0 unspecified atom stereocenters. The molecule has 1 aromatic carbocycles. The van der Waals surface area contributed by atoms with E-state index >= 15 is 0 Å². The first-order chi connectivity index (χ1) is 10.7. The molecule has 0 aliphatic carbocycles. The first kappa shape index (κ1) is 13.1. The Balaban J connectivity index is 1.56. The van der Waals surface area contributed by atoms with Crippen LogP contribution in [-0.4, -0.2) is 21.5 Å². The highest BCUT2D eigenvalue weighted by Crippen LogP contribution is 2.25. The van der Waals surface area contributed by atoms with Crippen molar-refractivity contribution in [2.45, 2.75) is 32.4 Å². The lowest BCUT2D eigenvalue weighted by atomic mass is 10.1. The highest BCUT2D eigenvalue weighted by molar-refractivity contribution is 5.99. The van der Waals surface area contributed by atoms with Gasteiger partial charge in [0, 0.05) is 42.4 Å². The number of rotatable bonds is 2. The zero-order valence-electron chi connectivity index (χ0n) is 12.4. The molecule has 0 saturated heterocycles. The largest absolute Gasteiger partial charge is 0.451 e. The van der Waals surface area contributed by atoms with Crippen LogP contribution in [0.2, 0.25) is 0 Å². The molecule has 0 saturated carbocycles. The van der Waals surface area contributed by atoms with E-state index in [9.17, 15) is 4.79 Å². The van der Waals surface area contributed by atoms with Gasteiger partial charge < -0.3 is 14.3 Å². The van der Waals surface area contributed by atoms with Crippen LogP contribution in [0.3, 0.4) is 0 Å². The monoisotopic (exact) mass is 295 g/mol. The Bertz CT molecular complexity index is 847. The summed E-state index contributed by atoms with van der Waals surface area (Å²) >= 11 is 0. The van der Waals surface area contributed by atoms with E-state index in [2.05, 4.69) is 14.9 Å². The molecule has 22 heavy (non-hydrogen) atoms. The smallest absolute Gasteiger partial charge is 0.287 e. The number of imidazole rings is 1. The second-order valence-corrected chi connectivity index (χ2v) is 5.76. The first-order valence-electron chi connectivity index (χ1n) is 7.51. The minimum absolute atomic E-state index is 0.113. The number of benzene rings is 1. The number of carbonyl (C=O) groups is 1. The molecule has 1 aliphatic rings. The fourth-order valence-electron chi connectivity index (χ4n) is 3.13. The summed E-state index contributed by atoms with van der Waals surface area (Å²) in [5, 5.41) is 4.08. The van der Waals surface area contributed by atoms with Crippen molar-refractivity contribution in [1.29, 1.82) is 0 Å². The van der Waals surface area contributed by atoms with Crippen LogP contribution in [-0.2, 0) is 13.0 Å². The van der Waals surface area contributed by atoms with E-state index in [-0.39, 0.29) is 11.9 Å². The molecule has 5 heteroatoms. The van der Waals surface area contributed by atoms with E-state index in [1.54, 1.807) is 0 Å². The minimum atomic E-state index is -0.137. The van der Waals surface area contributed by atoms with Crippen LogP contribution in [0.4, 0.5) is 0 Å². The average molecular weight is 295 g/mol. The number of nitrogens with one attached hydrogen (secondary N) is 1. The highest BCUT2D eigenvalue weighted by atomic mass is 16.3. The second-order valence-electron chi connectivity index (χ2n) is 5.76. The van der Waals surface area contributed by atoms with Gasteiger partial charge in [0.25, 0.3) is 5.91 Å². The number of fused-ring (bicyclic) bond motifs is 2. The second kappa shape index (κ2) is 5.02. The van der Waals surface area contributed by atoms with E-state index in [0.717, 1.165) is 41.7 Å². The van der Waals surface area contributed by atoms with Crippen molar-refractivity contribution in [3.63, 3.8) is 0 Å². The lowest BCUT2D eigenvalue weighted by Gasteiger charge is -2.24. The molecule has 112 valence electrons. The van der Waals surface area contributed by atoms with E-state index in [4.69, 9.17) is 4.42 Å². The minimum Gasteiger partial charge on any atom is -0.451 e. The number of aromatic nitrogens is 2. The third-order valence-corrected chi connectivity index (χ3v) is 4.32. The molecule has 0 radical (unpaired) electrons. The summed E-state index contributed by atoms with van der Waals surface area (Å²) in [6.07, 6.45) is 5.56. The van der Waals surface area contributed by atoms with Gasteiger partial charge >= 0.3 is 0 Å². The van der Waals surface area contributed by atoms with E-state index in [0.29, 0.717) is 5.76 Å². The predicted molar refractivity (Wildman–Crippen MR) is 82.8 cm³/mol. The quantitative estimate of drug-likeness (QED) is 0.790. The van der Waals surface area contributed by atoms with E-state index in [1.807, 2.05) is 43.6 Å². The molecule has 0 spiro atoms. The van der Waals surface area contributed by atoms with Crippen molar-refractivity contribution in [3.05, 3.63) is 53.8 Å². The maximum Gasteiger partial charge on any atom is 0.287 e. The number of aryl methyl sites for hydroxylation is 2. The van der Waals surface area contributed by atoms with Crippen LogP contribution in [0.5, 0.6) is 0 Å². The van der Waals surface area contributed by atoms with Crippen molar-refractivity contribution < 1.29 is 9.21 Å². The number of carbonyl (C=O) groups excluding carboxylic acids is 1. The van der Waals surface area contributed by atoms with Crippen molar-refractivity contribution in [2.24, 2.45) is 0 Å². The van der Waals surface area contributed by atoms with Gasteiger partial charge in [-0.3, -0.25) is 4.79 Å². The number of hydrogen-bond acceptors (Lipinski definition) is 3. The third kappa shape index (κ3) is 2.09. The Kier molecular flexibility index (Phi) is 2.99. The Morgan fingerprint density at radius 1 is 1.41 bits per heavy atom. The number of furan rings is 1. The summed E-state index contributed by atoms with van der Waals surface area (Å²) < 4.78 is 7.82. The lowest BCUT2D eigenvalue weighted by Crippen LogP contribution is -2.40. The lowest BCUT2D eigenvalue weighted by molar-refractivity contribution is 0.0900. The fourth-order valence-corrected chi connectivity index (χ4v) is 3.13. The molecule has 1 N–H and O–H groups in total. The van der Waals surface area contributed by atoms with Gasteiger partial charge in [-0.25, -0.2) is 4.98 Å². The standard InChI is InChI=1S/C17H17N3O2/c1-11-13-4-2-3-5-14(13)22-16(11)17(21)19-12-6-7-15-18-8-9-20(15)10-12/h2-5,8-9,12H,6-7,10H2,1H3,(H,19,21)/t12-/m0/s1. The maximum absolute atomic E-state index is 12.5. The van der Waals surface area contributed by atoms with Gasteiger partial charge in [-0.2, -0.15) is 0 Å². The molecule has 0 fully saturated rings. The van der Waals surface area contributed by atoms with Gasteiger partial charge in [-0.1, -0.05) is 18.2 Å². The summed E-state index contributed by atoms with van der Waals surface area (Å²) in [5.41, 5.74) is 1.65. The van der Waals surface area contributed by atoms with Gasteiger partial charge in [-0.15, -0.1) is 0 Å². The zero-order chi connectivity index (χ0) is 15.1. The van der Waals surface area contributed by atoms with Crippen LogP contribution in [0.25, 0.3) is 11.0 Å². The van der Waals surface area contributed by atoms with Gasteiger partial charge in [0.15, 0.2) is 5.76 Å². The number of nitrogens with zero attached hydrogens (tertiary/aromatic N) is 2. The Hall–Kier alpha value is -2.56. The molecular formula is C17H17N3O2. The summed E-state index contributed by atoms with van der Waals surface area (Å²) in [5.74, 6) is 1.37. The van der Waals surface area contributed by atoms with Gasteiger partial charge in [-0.05, 0) is 19.4 Å². The highest BCUT2D eigenvalue weighted by Gasteiger charge is 2.24. The third-order valence-electron chi connectivity index (χ3n) is 4.32. The topological polar surface area (TPSA) is 60.1 Å². The first-order valence-corrected chi connectivity index (χ1v) is 7.51. The average Bonchev–Trinajstić information content (AvgIpc) is 3.12. The molecule has 1 atom stereocenters. The van der Waals surface area contributed by atoms with Crippen molar-refractivity contribution in [3.8, 4) is 0 Å². The van der Waals surface area contributed by atoms with Crippen LogP contribution >= 0.6 is 0 Å². The maximum atomic E-state index is 12.5. The van der Waals surface area contributed by atoms with Gasteiger partial charge in [0.2, 0.25) is 0 Å². The number of amides is 1. The zero-order valence-corrected chi connectivity index (χ0v) is 12.4. The van der Waals surface area contributed by atoms with Crippen LogP contribution in [0.1, 0.15) is 28.4 Å². The molecule has 3 aromatic rings.